The summed E-state index contributed by atoms with van der Waals surface area (Å²) in [6, 6.07) is 15.5. The van der Waals surface area contributed by atoms with Crippen LogP contribution in [0.1, 0.15) is 21.8 Å². The number of carbonyl (C=O) groups is 1. The molecule has 3 rings (SSSR count). The summed E-state index contributed by atoms with van der Waals surface area (Å²) in [5, 5.41) is 0. The molecule has 2 aromatic rings. The van der Waals surface area contributed by atoms with Gasteiger partial charge in [0.25, 0.3) is 5.91 Å². The Bertz CT molecular complexity index is 880. The molecule has 2 atom stereocenters. The van der Waals surface area contributed by atoms with Crippen LogP contribution in [0.2, 0.25) is 0 Å². The number of hydrogen-bond donors (Lipinski definition) is 1. The van der Waals surface area contributed by atoms with Crippen molar-refractivity contribution in [3.05, 3.63) is 65.7 Å². The Morgan fingerprint density at radius 1 is 1.04 bits per heavy atom. The van der Waals surface area contributed by atoms with E-state index in [1.807, 2.05) is 30.3 Å². The van der Waals surface area contributed by atoms with Gasteiger partial charge in [0.05, 0.1) is 4.90 Å². The molecule has 0 saturated carbocycles. The van der Waals surface area contributed by atoms with Crippen LogP contribution in [0, 0.1) is 0 Å². The van der Waals surface area contributed by atoms with Gasteiger partial charge < -0.3 is 10.6 Å². The topological polar surface area (TPSA) is 83.7 Å². The lowest BCUT2D eigenvalue weighted by Gasteiger charge is -2.17. The number of hydrogen-bond acceptors (Lipinski definition) is 4. The molecule has 0 aromatic heterocycles. The summed E-state index contributed by atoms with van der Waals surface area (Å²) in [5.74, 6) is -0.193. The van der Waals surface area contributed by atoms with E-state index in [1.165, 1.54) is 21.3 Å². The molecule has 2 aromatic carbocycles. The molecule has 1 aliphatic heterocycles. The van der Waals surface area contributed by atoms with Gasteiger partial charge in [-0.3, -0.25) is 4.79 Å². The van der Waals surface area contributed by atoms with E-state index in [0.717, 1.165) is 5.56 Å². The largest absolute Gasteiger partial charge is 0.345 e. The van der Waals surface area contributed by atoms with Crippen LogP contribution < -0.4 is 5.73 Å². The summed E-state index contributed by atoms with van der Waals surface area (Å²) in [6.07, 6.45) is 0. The fourth-order valence-electron chi connectivity index (χ4n) is 3.22. The molecular formula is C19H23N3O3S. The molecule has 0 unspecified atom stereocenters. The van der Waals surface area contributed by atoms with E-state index >= 15 is 0 Å². The molecule has 1 heterocycles. The first-order valence-electron chi connectivity index (χ1n) is 8.43. The van der Waals surface area contributed by atoms with Crippen molar-refractivity contribution in [1.82, 2.24) is 9.21 Å². The minimum atomic E-state index is -3.65. The molecule has 1 saturated heterocycles. The molecule has 138 valence electrons. The van der Waals surface area contributed by atoms with Crippen molar-refractivity contribution < 1.29 is 13.2 Å². The van der Waals surface area contributed by atoms with E-state index in [4.69, 9.17) is 5.73 Å². The van der Waals surface area contributed by atoms with Gasteiger partial charge in [-0.15, -0.1) is 0 Å². The maximum Gasteiger partial charge on any atom is 0.253 e. The van der Waals surface area contributed by atoms with E-state index in [9.17, 15) is 13.2 Å². The molecule has 1 fully saturated rings. The number of nitrogens with zero attached hydrogens (tertiary/aromatic N) is 2. The Labute approximate surface area is 154 Å². The molecule has 0 spiro atoms. The predicted octanol–water partition coefficient (Wildman–Crippen LogP) is 1.50. The van der Waals surface area contributed by atoms with Gasteiger partial charge in [-0.25, -0.2) is 8.42 Å². The molecule has 6 nitrogen and oxygen atoms in total. The molecular weight excluding hydrogens is 350 g/mol. The van der Waals surface area contributed by atoms with Crippen LogP contribution in [0.3, 0.4) is 0 Å². The highest BCUT2D eigenvalue weighted by molar-refractivity contribution is 7.89. The zero-order chi connectivity index (χ0) is 18.9. The Balaban J connectivity index is 1.81. The SMILES string of the molecule is CN(C)C(=O)c1ccc(S(=O)(=O)N2C[C@@H](N)[C@H](c3ccccc3)C2)cc1. The van der Waals surface area contributed by atoms with E-state index in [1.54, 1.807) is 26.2 Å². The number of benzene rings is 2. The van der Waals surface area contributed by atoms with Crippen molar-refractivity contribution >= 4 is 15.9 Å². The average molecular weight is 373 g/mol. The zero-order valence-electron chi connectivity index (χ0n) is 14.9. The third-order valence-corrected chi connectivity index (χ3v) is 6.55. The number of sulfonamides is 1. The first kappa shape index (κ1) is 18.6. The van der Waals surface area contributed by atoms with Gasteiger partial charge in [0.15, 0.2) is 0 Å². The molecule has 26 heavy (non-hydrogen) atoms. The lowest BCUT2D eigenvalue weighted by atomic mass is 9.95. The van der Waals surface area contributed by atoms with Crippen LogP contribution in [0.25, 0.3) is 0 Å². The van der Waals surface area contributed by atoms with E-state index in [0.29, 0.717) is 12.1 Å². The second kappa shape index (κ2) is 7.19. The van der Waals surface area contributed by atoms with Crippen molar-refractivity contribution in [2.75, 3.05) is 27.2 Å². The molecule has 1 aliphatic rings. The second-order valence-electron chi connectivity index (χ2n) is 6.73. The maximum atomic E-state index is 12.9. The van der Waals surface area contributed by atoms with Crippen LogP contribution in [-0.4, -0.2) is 56.8 Å². The first-order chi connectivity index (χ1) is 12.3. The summed E-state index contributed by atoms with van der Waals surface area (Å²) in [7, 11) is -0.337. The fourth-order valence-corrected chi connectivity index (χ4v) is 4.72. The Morgan fingerprint density at radius 2 is 1.65 bits per heavy atom. The Hall–Kier alpha value is -2.22. The highest BCUT2D eigenvalue weighted by atomic mass is 32.2. The van der Waals surface area contributed by atoms with Gasteiger partial charge >= 0.3 is 0 Å². The Morgan fingerprint density at radius 3 is 2.23 bits per heavy atom. The summed E-state index contributed by atoms with van der Waals surface area (Å²) >= 11 is 0. The number of carbonyl (C=O) groups excluding carboxylic acids is 1. The van der Waals surface area contributed by atoms with Crippen molar-refractivity contribution in [2.24, 2.45) is 5.73 Å². The lowest BCUT2D eigenvalue weighted by Crippen LogP contribution is -2.32. The molecule has 1 amide bonds. The third kappa shape index (κ3) is 3.51. The van der Waals surface area contributed by atoms with Crippen LogP contribution in [0.15, 0.2) is 59.5 Å². The number of amides is 1. The Kier molecular flexibility index (Phi) is 5.13. The van der Waals surface area contributed by atoms with Gasteiger partial charge in [0.2, 0.25) is 10.0 Å². The number of rotatable bonds is 4. The van der Waals surface area contributed by atoms with Crippen LogP contribution >= 0.6 is 0 Å². The van der Waals surface area contributed by atoms with Crippen LogP contribution in [0.5, 0.6) is 0 Å². The zero-order valence-corrected chi connectivity index (χ0v) is 15.7. The molecule has 7 heteroatoms. The maximum absolute atomic E-state index is 12.9. The quantitative estimate of drug-likeness (QED) is 0.880. The van der Waals surface area contributed by atoms with Crippen LogP contribution in [-0.2, 0) is 10.0 Å². The van der Waals surface area contributed by atoms with Gasteiger partial charge in [0.1, 0.15) is 0 Å². The smallest absolute Gasteiger partial charge is 0.253 e. The minimum Gasteiger partial charge on any atom is -0.345 e. The number of nitrogens with two attached hydrogens (primary N) is 1. The third-order valence-electron chi connectivity index (χ3n) is 4.70. The van der Waals surface area contributed by atoms with Gasteiger partial charge in [-0.1, -0.05) is 30.3 Å². The molecule has 2 N–H and O–H groups in total. The van der Waals surface area contributed by atoms with Crippen LogP contribution in [0.4, 0.5) is 0 Å². The van der Waals surface area contributed by atoms with Crippen molar-refractivity contribution in [3.8, 4) is 0 Å². The molecule has 0 bridgehead atoms. The fraction of sp³-hybridized carbons (Fsp3) is 0.316. The highest BCUT2D eigenvalue weighted by Gasteiger charge is 2.38. The van der Waals surface area contributed by atoms with E-state index < -0.39 is 10.0 Å². The second-order valence-corrected chi connectivity index (χ2v) is 8.66. The predicted molar refractivity (Wildman–Crippen MR) is 100 cm³/mol. The first-order valence-corrected chi connectivity index (χ1v) is 9.87. The van der Waals surface area contributed by atoms with Crippen molar-refractivity contribution in [3.63, 3.8) is 0 Å². The van der Waals surface area contributed by atoms with Crippen molar-refractivity contribution in [2.45, 2.75) is 16.9 Å². The lowest BCUT2D eigenvalue weighted by molar-refractivity contribution is 0.0827. The molecule has 0 aliphatic carbocycles. The van der Waals surface area contributed by atoms with Gasteiger partial charge in [-0.2, -0.15) is 4.31 Å². The van der Waals surface area contributed by atoms with Gasteiger partial charge in [-0.05, 0) is 29.8 Å². The van der Waals surface area contributed by atoms with E-state index in [2.05, 4.69) is 0 Å². The normalized spacial score (nSPS) is 20.9. The highest BCUT2D eigenvalue weighted by Crippen LogP contribution is 2.30. The summed E-state index contributed by atoms with van der Waals surface area (Å²) in [4.78, 5) is 13.6. The van der Waals surface area contributed by atoms with Gasteiger partial charge in [0, 0.05) is 44.7 Å². The summed E-state index contributed by atoms with van der Waals surface area (Å²) < 4.78 is 27.3. The standard InChI is InChI=1S/C19H23N3O3S/c1-21(2)19(23)15-8-10-16(11-9-15)26(24,25)22-12-17(18(20)13-22)14-6-4-3-5-7-14/h3-11,17-18H,12-13,20H2,1-2H3/t17-,18+/m0/s1. The summed E-state index contributed by atoms with van der Waals surface area (Å²) in [5.41, 5.74) is 7.72. The monoisotopic (exact) mass is 373 g/mol. The average Bonchev–Trinajstić information content (AvgIpc) is 3.04. The summed E-state index contributed by atoms with van der Waals surface area (Å²) in [6.45, 7) is 0.631. The molecule has 0 radical (unpaired) electrons. The van der Waals surface area contributed by atoms with Crippen molar-refractivity contribution in [1.29, 1.82) is 0 Å². The minimum absolute atomic E-state index is 0.0273. The van der Waals surface area contributed by atoms with E-state index in [-0.39, 0.29) is 29.3 Å².